The number of piperidine rings is 1. The lowest BCUT2D eigenvalue weighted by Crippen LogP contribution is -2.47. The predicted octanol–water partition coefficient (Wildman–Crippen LogP) is 4.15. The van der Waals surface area contributed by atoms with Gasteiger partial charge in [0.05, 0.1) is 0 Å². The summed E-state index contributed by atoms with van der Waals surface area (Å²) in [5.74, 6) is -4.07. The van der Waals surface area contributed by atoms with Crippen LogP contribution >= 0.6 is 12.4 Å². The van der Waals surface area contributed by atoms with Crippen molar-refractivity contribution < 1.29 is 18.0 Å². The Kier molecular flexibility index (Phi) is 6.67. The van der Waals surface area contributed by atoms with E-state index in [1.54, 1.807) is 29.2 Å². The van der Waals surface area contributed by atoms with Crippen molar-refractivity contribution in [3.05, 3.63) is 59.4 Å². The van der Waals surface area contributed by atoms with Crippen LogP contribution in [0.25, 0.3) is 11.1 Å². The Morgan fingerprint density at radius 2 is 1.65 bits per heavy atom. The molecule has 7 heteroatoms. The van der Waals surface area contributed by atoms with E-state index in [1.807, 2.05) is 0 Å². The van der Waals surface area contributed by atoms with Crippen molar-refractivity contribution in [2.45, 2.75) is 25.3 Å². The first-order valence-electron chi connectivity index (χ1n) is 8.27. The molecule has 3 nitrogen and oxygen atoms in total. The number of nitrogens with two attached hydrogens (primary N) is 1. The first-order valence-corrected chi connectivity index (χ1v) is 8.27. The summed E-state index contributed by atoms with van der Waals surface area (Å²) in [7, 11) is 0. The molecule has 3 rings (SSSR count). The largest absolute Gasteiger partial charge is 0.334 e. The summed E-state index contributed by atoms with van der Waals surface area (Å²) in [4.78, 5) is 14.5. The van der Waals surface area contributed by atoms with E-state index >= 15 is 0 Å². The fourth-order valence-corrected chi connectivity index (χ4v) is 3.21. The maximum absolute atomic E-state index is 13.4. The molecule has 1 unspecified atom stereocenters. The van der Waals surface area contributed by atoms with E-state index in [9.17, 15) is 18.0 Å². The predicted molar refractivity (Wildman–Crippen MR) is 96.7 cm³/mol. The summed E-state index contributed by atoms with van der Waals surface area (Å²) in [6.07, 6.45) is 2.91. The van der Waals surface area contributed by atoms with Crippen LogP contribution in [0.4, 0.5) is 13.2 Å². The average Bonchev–Trinajstić information content (AvgIpc) is 2.65. The van der Waals surface area contributed by atoms with E-state index < -0.39 is 17.5 Å². The van der Waals surface area contributed by atoms with Gasteiger partial charge < -0.3 is 10.6 Å². The lowest BCUT2D eigenvalue weighted by molar-refractivity contribution is 0.0623. The van der Waals surface area contributed by atoms with Gasteiger partial charge in [-0.3, -0.25) is 4.79 Å². The second kappa shape index (κ2) is 8.56. The van der Waals surface area contributed by atoms with Crippen LogP contribution in [0, 0.1) is 17.5 Å². The number of likely N-dealkylation sites (tertiary alicyclic amines) is 1. The minimum atomic E-state index is -1.49. The number of rotatable bonds is 3. The van der Waals surface area contributed by atoms with E-state index in [2.05, 4.69) is 0 Å². The molecule has 140 valence electrons. The van der Waals surface area contributed by atoms with E-state index in [-0.39, 0.29) is 29.9 Å². The van der Waals surface area contributed by atoms with E-state index in [1.165, 1.54) is 0 Å². The quantitative estimate of drug-likeness (QED) is 0.808. The van der Waals surface area contributed by atoms with Crippen LogP contribution in [0.3, 0.4) is 0 Å². The minimum Gasteiger partial charge on any atom is -0.334 e. The molecule has 0 aliphatic carbocycles. The highest BCUT2D eigenvalue weighted by atomic mass is 35.5. The third kappa shape index (κ3) is 4.02. The molecule has 1 aliphatic rings. The maximum Gasteiger partial charge on any atom is 0.254 e. The van der Waals surface area contributed by atoms with Gasteiger partial charge in [-0.15, -0.1) is 12.4 Å². The zero-order valence-electron chi connectivity index (χ0n) is 14.1. The molecule has 1 aliphatic heterocycles. The minimum absolute atomic E-state index is 0. The van der Waals surface area contributed by atoms with Gasteiger partial charge in [0.1, 0.15) is 0 Å². The third-order valence-corrected chi connectivity index (χ3v) is 4.61. The first kappa shape index (κ1) is 20.3. The third-order valence-electron chi connectivity index (χ3n) is 4.61. The Hall–Kier alpha value is -2.05. The number of benzene rings is 2. The highest BCUT2D eigenvalue weighted by Crippen LogP contribution is 2.25. The molecule has 1 atom stereocenters. The lowest BCUT2D eigenvalue weighted by Gasteiger charge is -2.35. The molecule has 2 N–H and O–H groups in total. The van der Waals surface area contributed by atoms with Crippen molar-refractivity contribution in [3.8, 4) is 11.1 Å². The lowest BCUT2D eigenvalue weighted by atomic mass is 9.99. The van der Waals surface area contributed by atoms with Crippen molar-refractivity contribution in [1.29, 1.82) is 0 Å². The molecule has 2 aromatic carbocycles. The second-order valence-electron chi connectivity index (χ2n) is 6.22. The van der Waals surface area contributed by atoms with Gasteiger partial charge in [0.15, 0.2) is 17.5 Å². The summed E-state index contributed by atoms with van der Waals surface area (Å²) < 4.78 is 39.8. The Labute approximate surface area is 156 Å². The summed E-state index contributed by atoms with van der Waals surface area (Å²) >= 11 is 0. The van der Waals surface area contributed by atoms with E-state index in [4.69, 9.17) is 5.73 Å². The van der Waals surface area contributed by atoms with Gasteiger partial charge in [0.2, 0.25) is 0 Å². The molecule has 0 bridgehead atoms. The van der Waals surface area contributed by atoms with Crippen molar-refractivity contribution in [2.24, 2.45) is 5.73 Å². The summed E-state index contributed by atoms with van der Waals surface area (Å²) in [6, 6.07) is 8.33. The van der Waals surface area contributed by atoms with Crippen LogP contribution in [0.1, 0.15) is 29.6 Å². The van der Waals surface area contributed by atoms with E-state index in [0.29, 0.717) is 24.2 Å². The number of hydrogen-bond acceptors (Lipinski definition) is 2. The first-order chi connectivity index (χ1) is 12.0. The van der Waals surface area contributed by atoms with Crippen LogP contribution in [-0.2, 0) is 0 Å². The molecule has 1 heterocycles. The Balaban J connectivity index is 0.00000243. The van der Waals surface area contributed by atoms with Gasteiger partial charge >= 0.3 is 0 Å². The van der Waals surface area contributed by atoms with Gasteiger partial charge in [-0.2, -0.15) is 0 Å². The van der Waals surface area contributed by atoms with Crippen LogP contribution in [0.5, 0.6) is 0 Å². The van der Waals surface area contributed by atoms with Crippen LogP contribution in [0.2, 0.25) is 0 Å². The zero-order chi connectivity index (χ0) is 18.0. The standard InChI is InChI=1S/C19H19F3N2O.ClH/c20-16-9-14(10-17(21)18(16)22)12-4-6-13(7-5-12)19(25)24-8-2-1-3-15(24)11-23;/h4-7,9-10,15H,1-3,8,11,23H2;1H. The van der Waals surface area contributed by atoms with E-state index in [0.717, 1.165) is 31.4 Å². The van der Waals surface area contributed by atoms with Crippen molar-refractivity contribution in [3.63, 3.8) is 0 Å². The molecular formula is C19H20ClF3N2O. The van der Waals surface area contributed by atoms with Gasteiger partial charge in [0, 0.05) is 24.7 Å². The number of nitrogens with zero attached hydrogens (tertiary/aromatic N) is 1. The average molecular weight is 385 g/mol. The van der Waals surface area contributed by atoms with Gasteiger partial charge in [-0.25, -0.2) is 13.2 Å². The monoisotopic (exact) mass is 384 g/mol. The molecule has 0 aromatic heterocycles. The number of halogens is 4. The van der Waals surface area contributed by atoms with Crippen LogP contribution in [0.15, 0.2) is 36.4 Å². The smallest absolute Gasteiger partial charge is 0.254 e. The Morgan fingerprint density at radius 3 is 2.23 bits per heavy atom. The van der Waals surface area contributed by atoms with Crippen LogP contribution in [-0.4, -0.2) is 29.9 Å². The highest BCUT2D eigenvalue weighted by Gasteiger charge is 2.26. The van der Waals surface area contributed by atoms with Crippen LogP contribution < -0.4 is 5.73 Å². The molecule has 0 spiro atoms. The summed E-state index contributed by atoms with van der Waals surface area (Å²) in [5, 5.41) is 0. The van der Waals surface area contributed by atoms with Crippen molar-refractivity contribution in [1.82, 2.24) is 4.90 Å². The van der Waals surface area contributed by atoms with Crippen molar-refractivity contribution in [2.75, 3.05) is 13.1 Å². The number of amides is 1. The summed E-state index contributed by atoms with van der Waals surface area (Å²) in [5.41, 5.74) is 6.97. The highest BCUT2D eigenvalue weighted by molar-refractivity contribution is 5.95. The van der Waals surface area contributed by atoms with Gasteiger partial charge in [0.25, 0.3) is 5.91 Å². The second-order valence-corrected chi connectivity index (χ2v) is 6.22. The Morgan fingerprint density at radius 1 is 1.04 bits per heavy atom. The summed E-state index contributed by atoms with van der Waals surface area (Å²) in [6.45, 7) is 1.11. The van der Waals surface area contributed by atoms with Crippen molar-refractivity contribution >= 4 is 18.3 Å². The molecule has 26 heavy (non-hydrogen) atoms. The topological polar surface area (TPSA) is 46.3 Å². The fourth-order valence-electron chi connectivity index (χ4n) is 3.21. The fraction of sp³-hybridized carbons (Fsp3) is 0.316. The van der Waals surface area contributed by atoms with Gasteiger partial charge in [-0.1, -0.05) is 12.1 Å². The molecule has 1 fully saturated rings. The molecule has 2 aromatic rings. The SMILES string of the molecule is Cl.NCC1CCCCN1C(=O)c1ccc(-c2cc(F)c(F)c(F)c2)cc1. The van der Waals surface area contributed by atoms with Gasteiger partial charge in [-0.05, 0) is 54.7 Å². The number of hydrogen-bond donors (Lipinski definition) is 1. The Bertz CT molecular complexity index is 760. The number of carbonyl (C=O) groups is 1. The molecular weight excluding hydrogens is 365 g/mol. The normalized spacial score (nSPS) is 16.9. The zero-order valence-corrected chi connectivity index (χ0v) is 14.9. The maximum atomic E-state index is 13.4. The molecule has 0 radical (unpaired) electrons. The molecule has 1 amide bonds. The number of carbonyl (C=O) groups excluding carboxylic acids is 1. The molecule has 1 saturated heterocycles. The molecule has 0 saturated carbocycles.